The van der Waals surface area contributed by atoms with Gasteiger partial charge in [-0.05, 0) is 63.4 Å². The zero-order valence-electron chi connectivity index (χ0n) is 18.4. The maximum Gasteiger partial charge on any atom is 0.226 e. The van der Waals surface area contributed by atoms with Crippen LogP contribution < -0.4 is 16.8 Å². The summed E-state index contributed by atoms with van der Waals surface area (Å²) >= 11 is 0. The number of nitrogens with two attached hydrogens (primary N) is 2. The fraction of sp³-hybridized carbons (Fsp3) is 0.545. The molecule has 2 aliphatic carbocycles. The number of hydrogen-bond donors (Lipinski definition) is 4. The number of fused-ring (bicyclic) bond motifs is 2. The van der Waals surface area contributed by atoms with Crippen molar-refractivity contribution in [1.29, 1.82) is 0 Å². The van der Waals surface area contributed by atoms with Gasteiger partial charge in [0.1, 0.15) is 18.0 Å². The number of hydrogen-bond acceptors (Lipinski definition) is 7. The summed E-state index contributed by atoms with van der Waals surface area (Å²) in [6.45, 7) is 5.98. The number of anilines is 1. The molecule has 4 rings (SSSR count). The van der Waals surface area contributed by atoms with E-state index >= 15 is 0 Å². The van der Waals surface area contributed by atoms with E-state index in [1.807, 2.05) is 13.1 Å². The van der Waals surface area contributed by atoms with Crippen LogP contribution in [0.2, 0.25) is 0 Å². The second-order valence-corrected chi connectivity index (χ2v) is 9.45. The van der Waals surface area contributed by atoms with E-state index in [2.05, 4.69) is 27.2 Å². The van der Waals surface area contributed by atoms with Crippen molar-refractivity contribution in [3.8, 4) is 5.82 Å². The van der Waals surface area contributed by atoms with Crippen molar-refractivity contribution in [2.24, 2.45) is 34.2 Å². The molecule has 6 N–H and O–H groups in total. The van der Waals surface area contributed by atoms with Crippen LogP contribution in [0.5, 0.6) is 0 Å². The summed E-state index contributed by atoms with van der Waals surface area (Å²) in [4.78, 5) is 17.8. The van der Waals surface area contributed by atoms with Gasteiger partial charge in [-0.25, -0.2) is 9.98 Å². The second kappa shape index (κ2) is 8.30. The quantitative estimate of drug-likeness (QED) is 0.427. The SMILES string of the molecule is C/C(N)=C/C(N)=Nc1cc(-n2ccnc2)nc(NC2C(C)CC3CC2CC(C)(O)C3)n1. The summed E-state index contributed by atoms with van der Waals surface area (Å²) < 4.78 is 1.80. The molecule has 31 heavy (non-hydrogen) atoms. The normalized spacial score (nSPS) is 31.5. The average Bonchev–Trinajstić information content (AvgIpc) is 3.17. The third-order valence-electron chi connectivity index (χ3n) is 6.28. The average molecular weight is 425 g/mol. The molecule has 5 unspecified atom stereocenters. The molecule has 0 aliphatic heterocycles. The largest absolute Gasteiger partial charge is 0.402 e. The summed E-state index contributed by atoms with van der Waals surface area (Å²) in [7, 11) is 0. The molecule has 0 saturated heterocycles. The molecule has 2 heterocycles. The van der Waals surface area contributed by atoms with Crippen LogP contribution in [0.25, 0.3) is 5.82 Å². The molecule has 0 radical (unpaired) electrons. The lowest BCUT2D eigenvalue weighted by Gasteiger charge is -2.49. The molecule has 2 aliphatic rings. The molecule has 2 saturated carbocycles. The van der Waals surface area contributed by atoms with Gasteiger partial charge >= 0.3 is 0 Å². The van der Waals surface area contributed by atoms with Gasteiger partial charge in [-0.15, -0.1) is 0 Å². The first-order valence-electron chi connectivity index (χ1n) is 10.8. The van der Waals surface area contributed by atoms with E-state index in [0.29, 0.717) is 41.0 Å². The number of rotatable bonds is 5. The van der Waals surface area contributed by atoms with E-state index in [9.17, 15) is 5.11 Å². The number of aromatic nitrogens is 4. The van der Waals surface area contributed by atoms with Gasteiger partial charge in [0.05, 0.1) is 5.60 Å². The Morgan fingerprint density at radius 3 is 2.84 bits per heavy atom. The van der Waals surface area contributed by atoms with Gasteiger partial charge in [-0.2, -0.15) is 9.97 Å². The third-order valence-corrected chi connectivity index (χ3v) is 6.28. The number of nitrogens with one attached hydrogen (secondary N) is 1. The molecule has 2 fully saturated rings. The van der Waals surface area contributed by atoms with Crippen molar-refractivity contribution in [3.63, 3.8) is 0 Å². The Balaban J connectivity index is 1.66. The summed E-state index contributed by atoms with van der Waals surface area (Å²) in [6, 6.07) is 1.94. The van der Waals surface area contributed by atoms with E-state index < -0.39 is 5.60 Å². The van der Waals surface area contributed by atoms with Gasteiger partial charge in [0, 0.05) is 30.2 Å². The van der Waals surface area contributed by atoms with Crippen LogP contribution in [0.1, 0.15) is 46.5 Å². The highest BCUT2D eigenvalue weighted by molar-refractivity contribution is 5.93. The van der Waals surface area contributed by atoms with Crippen molar-refractivity contribution in [3.05, 3.63) is 36.6 Å². The molecule has 2 aromatic heterocycles. The zero-order chi connectivity index (χ0) is 22.2. The minimum Gasteiger partial charge on any atom is -0.402 e. The van der Waals surface area contributed by atoms with Crippen LogP contribution in [0.15, 0.2) is 41.6 Å². The van der Waals surface area contributed by atoms with Crippen LogP contribution in [-0.2, 0) is 0 Å². The number of aliphatic hydroxyl groups is 1. The molecule has 9 heteroatoms. The van der Waals surface area contributed by atoms with Crippen molar-refractivity contribution < 1.29 is 5.11 Å². The predicted molar refractivity (Wildman–Crippen MR) is 121 cm³/mol. The Morgan fingerprint density at radius 1 is 1.32 bits per heavy atom. The summed E-state index contributed by atoms with van der Waals surface area (Å²) in [6.07, 6.45) is 10.7. The Bertz CT molecular complexity index is 975. The summed E-state index contributed by atoms with van der Waals surface area (Å²) in [5.74, 6) is 3.26. The van der Waals surface area contributed by atoms with E-state index in [-0.39, 0.29) is 11.9 Å². The maximum atomic E-state index is 10.7. The highest BCUT2D eigenvalue weighted by Crippen LogP contribution is 2.47. The van der Waals surface area contributed by atoms with Crippen LogP contribution in [0.3, 0.4) is 0 Å². The van der Waals surface area contributed by atoms with Crippen LogP contribution >= 0.6 is 0 Å². The fourth-order valence-electron chi connectivity index (χ4n) is 5.33. The first-order valence-corrected chi connectivity index (χ1v) is 10.8. The third kappa shape index (κ3) is 5.04. The highest BCUT2D eigenvalue weighted by atomic mass is 16.3. The number of aliphatic imine (C=N–C) groups is 1. The van der Waals surface area contributed by atoms with E-state index in [1.54, 1.807) is 36.2 Å². The Hall–Kier alpha value is -2.94. The Kier molecular flexibility index (Phi) is 5.70. The first-order chi connectivity index (χ1) is 14.7. The molecule has 0 aromatic carbocycles. The lowest BCUT2D eigenvalue weighted by atomic mass is 9.61. The molecule has 0 amide bonds. The molecule has 166 valence electrons. The number of imidazole rings is 1. The van der Waals surface area contributed by atoms with Gasteiger partial charge < -0.3 is 21.9 Å². The molecule has 0 spiro atoms. The van der Waals surface area contributed by atoms with E-state index in [4.69, 9.17) is 16.5 Å². The minimum absolute atomic E-state index is 0.182. The molecule has 5 atom stereocenters. The zero-order valence-corrected chi connectivity index (χ0v) is 18.4. The van der Waals surface area contributed by atoms with Gasteiger partial charge in [0.2, 0.25) is 5.95 Å². The second-order valence-electron chi connectivity index (χ2n) is 9.45. The first kappa shape index (κ1) is 21.3. The Morgan fingerprint density at radius 2 is 2.13 bits per heavy atom. The lowest BCUT2D eigenvalue weighted by Crippen LogP contribution is -2.50. The molecule has 2 aromatic rings. The van der Waals surface area contributed by atoms with Gasteiger partial charge in [-0.1, -0.05) is 6.92 Å². The number of amidine groups is 1. The Labute approximate surface area is 182 Å². The van der Waals surface area contributed by atoms with E-state index in [1.165, 1.54) is 0 Å². The van der Waals surface area contributed by atoms with Crippen molar-refractivity contribution in [1.82, 2.24) is 19.5 Å². The number of nitrogens with zero attached hydrogens (tertiary/aromatic N) is 5. The molecular weight excluding hydrogens is 392 g/mol. The molecule has 2 bridgehead atoms. The summed E-state index contributed by atoms with van der Waals surface area (Å²) in [5, 5.41) is 14.3. The van der Waals surface area contributed by atoms with Crippen molar-refractivity contribution in [2.45, 2.75) is 58.1 Å². The molecular formula is C22H32N8O. The minimum atomic E-state index is -0.608. The van der Waals surface area contributed by atoms with Crippen LogP contribution in [-0.4, -0.2) is 42.1 Å². The van der Waals surface area contributed by atoms with Crippen molar-refractivity contribution in [2.75, 3.05) is 5.32 Å². The lowest BCUT2D eigenvalue weighted by molar-refractivity contribution is -0.0502. The highest BCUT2D eigenvalue weighted by Gasteiger charge is 2.45. The smallest absolute Gasteiger partial charge is 0.226 e. The van der Waals surface area contributed by atoms with Crippen LogP contribution in [0, 0.1) is 17.8 Å². The van der Waals surface area contributed by atoms with Gasteiger partial charge in [0.25, 0.3) is 0 Å². The summed E-state index contributed by atoms with van der Waals surface area (Å²) in [5.41, 5.74) is 11.7. The predicted octanol–water partition coefficient (Wildman–Crippen LogP) is 2.50. The van der Waals surface area contributed by atoms with Gasteiger partial charge in [0.15, 0.2) is 5.82 Å². The van der Waals surface area contributed by atoms with Gasteiger partial charge in [-0.3, -0.25) is 4.57 Å². The van der Waals surface area contributed by atoms with E-state index in [0.717, 1.165) is 25.7 Å². The fourth-order valence-corrected chi connectivity index (χ4v) is 5.33. The van der Waals surface area contributed by atoms with Crippen LogP contribution in [0.4, 0.5) is 11.8 Å². The topological polar surface area (TPSA) is 140 Å². The standard InChI is InChI=1S/C22H32N8O/c1-13-6-15-8-16(11-22(3,31)10-15)20(13)29-21-27-18(26-17(24)7-14(2)23)9-19(28-21)30-5-4-25-12-30/h4-5,7,9,12-13,15-16,20,31H,6,8,10-11,23H2,1-3H3,(H3,24,26,27,28,29)/b14-7-. The molecule has 9 nitrogen and oxygen atoms in total. The maximum absolute atomic E-state index is 10.7. The van der Waals surface area contributed by atoms with Crippen molar-refractivity contribution >= 4 is 17.6 Å². The number of allylic oxidation sites excluding steroid dienone is 1. The monoisotopic (exact) mass is 424 g/mol.